The monoisotopic (exact) mass is 306 g/mol. The van der Waals surface area contributed by atoms with Crippen LogP contribution in [0.25, 0.3) is 0 Å². The number of carbonyl (C=O) groups is 1. The van der Waals surface area contributed by atoms with Crippen LogP contribution in [0.15, 0.2) is 18.2 Å². The Morgan fingerprint density at radius 1 is 1.43 bits per heavy atom. The molecule has 0 aliphatic heterocycles. The molecule has 1 rings (SSSR count). The highest BCUT2D eigenvalue weighted by Gasteiger charge is 2.34. The van der Waals surface area contributed by atoms with Crippen LogP contribution in [-0.4, -0.2) is 34.8 Å². The maximum Gasteiger partial charge on any atom is 0.405 e. The quantitative estimate of drug-likeness (QED) is 0.667. The van der Waals surface area contributed by atoms with Crippen molar-refractivity contribution >= 4 is 17.3 Å². The van der Waals surface area contributed by atoms with E-state index in [1.54, 1.807) is 0 Å². The van der Waals surface area contributed by atoms with Gasteiger partial charge < -0.3 is 10.0 Å². The second-order valence-corrected chi connectivity index (χ2v) is 4.60. The number of benzene rings is 1. The van der Waals surface area contributed by atoms with E-state index in [0.717, 1.165) is 23.1 Å². The third kappa shape index (κ3) is 4.33. The Balaban J connectivity index is 3.42. The summed E-state index contributed by atoms with van der Waals surface area (Å²) in [6.07, 6.45) is -4.56. The van der Waals surface area contributed by atoms with Crippen LogP contribution in [0.4, 0.5) is 24.5 Å². The summed E-state index contributed by atoms with van der Waals surface area (Å²) in [6, 6.07) is 2.03. The standard InChI is InChI=1S/C12H13F3N2O4/c1-7(2)16(6-12(13,14)15)10-5-8(17(20)21)3-4-9(10)11(18)19/h3-5,7H,6H2,1-2H3,(H,18,19). The first kappa shape index (κ1) is 16.7. The van der Waals surface area contributed by atoms with Gasteiger partial charge in [-0.15, -0.1) is 0 Å². The molecule has 0 radical (unpaired) electrons. The van der Waals surface area contributed by atoms with Crippen molar-refractivity contribution in [1.82, 2.24) is 0 Å². The number of non-ortho nitro benzene ring substituents is 1. The van der Waals surface area contributed by atoms with Gasteiger partial charge in [0.2, 0.25) is 0 Å². The molecule has 0 unspecified atom stereocenters. The van der Waals surface area contributed by atoms with Crippen molar-refractivity contribution in [2.45, 2.75) is 26.1 Å². The largest absolute Gasteiger partial charge is 0.478 e. The van der Waals surface area contributed by atoms with Crippen LogP contribution in [0.2, 0.25) is 0 Å². The Morgan fingerprint density at radius 3 is 2.38 bits per heavy atom. The first-order chi connectivity index (χ1) is 9.53. The van der Waals surface area contributed by atoms with E-state index in [1.807, 2.05) is 0 Å². The SMILES string of the molecule is CC(C)N(CC(F)(F)F)c1cc([N+](=O)[O-])ccc1C(=O)O. The minimum Gasteiger partial charge on any atom is -0.478 e. The van der Waals surface area contributed by atoms with E-state index in [2.05, 4.69) is 0 Å². The normalized spacial score (nSPS) is 11.5. The Kier molecular flexibility index (Phi) is 4.77. The summed E-state index contributed by atoms with van der Waals surface area (Å²) in [6.45, 7) is 1.48. The molecule has 0 aliphatic rings. The van der Waals surface area contributed by atoms with Crippen molar-refractivity contribution in [3.05, 3.63) is 33.9 Å². The molecule has 0 aliphatic carbocycles. The van der Waals surface area contributed by atoms with Crippen LogP contribution in [0.3, 0.4) is 0 Å². The number of carboxylic acids is 1. The van der Waals surface area contributed by atoms with Crippen molar-refractivity contribution < 1.29 is 28.0 Å². The number of nitro groups is 1. The molecule has 0 aromatic heterocycles. The van der Waals surface area contributed by atoms with Gasteiger partial charge in [0.1, 0.15) is 6.54 Å². The fraction of sp³-hybridized carbons (Fsp3) is 0.417. The molecule has 9 heteroatoms. The maximum absolute atomic E-state index is 12.6. The first-order valence-electron chi connectivity index (χ1n) is 5.88. The van der Waals surface area contributed by atoms with E-state index in [0.29, 0.717) is 0 Å². The van der Waals surface area contributed by atoms with Crippen molar-refractivity contribution in [3.8, 4) is 0 Å². The van der Waals surface area contributed by atoms with Crippen LogP contribution < -0.4 is 4.90 Å². The van der Waals surface area contributed by atoms with E-state index in [4.69, 9.17) is 5.11 Å². The highest BCUT2D eigenvalue weighted by Crippen LogP contribution is 2.30. The molecule has 0 bridgehead atoms. The lowest BCUT2D eigenvalue weighted by Crippen LogP contribution is -2.40. The number of rotatable bonds is 5. The summed E-state index contributed by atoms with van der Waals surface area (Å²) < 4.78 is 37.9. The van der Waals surface area contributed by atoms with Crippen molar-refractivity contribution in [2.75, 3.05) is 11.4 Å². The predicted molar refractivity (Wildman–Crippen MR) is 68.6 cm³/mol. The fourth-order valence-corrected chi connectivity index (χ4v) is 1.79. The fourth-order valence-electron chi connectivity index (χ4n) is 1.79. The van der Waals surface area contributed by atoms with Gasteiger partial charge in [0, 0.05) is 18.2 Å². The number of halogens is 3. The molecule has 0 saturated heterocycles. The molecule has 6 nitrogen and oxygen atoms in total. The van der Waals surface area contributed by atoms with Gasteiger partial charge in [0.15, 0.2) is 0 Å². The van der Waals surface area contributed by atoms with Gasteiger partial charge in [-0.2, -0.15) is 13.2 Å². The Hall–Kier alpha value is -2.32. The zero-order valence-corrected chi connectivity index (χ0v) is 11.2. The van der Waals surface area contributed by atoms with E-state index >= 15 is 0 Å². The van der Waals surface area contributed by atoms with E-state index < -0.39 is 40.9 Å². The van der Waals surface area contributed by atoms with Gasteiger partial charge in [0.05, 0.1) is 16.2 Å². The number of aromatic carboxylic acids is 1. The molecule has 1 aromatic rings. The molecule has 0 atom stereocenters. The zero-order valence-electron chi connectivity index (χ0n) is 11.2. The zero-order chi connectivity index (χ0) is 16.4. The summed E-state index contributed by atoms with van der Waals surface area (Å²) in [5.41, 5.74) is -1.22. The Morgan fingerprint density at radius 2 is 2.00 bits per heavy atom. The first-order valence-corrected chi connectivity index (χ1v) is 5.88. The molecule has 21 heavy (non-hydrogen) atoms. The van der Waals surface area contributed by atoms with Crippen LogP contribution in [0, 0.1) is 10.1 Å². The summed E-state index contributed by atoms with van der Waals surface area (Å²) in [4.78, 5) is 21.8. The van der Waals surface area contributed by atoms with Gasteiger partial charge in [0.25, 0.3) is 5.69 Å². The summed E-state index contributed by atoms with van der Waals surface area (Å²) in [5.74, 6) is -1.45. The van der Waals surface area contributed by atoms with Crippen molar-refractivity contribution in [2.24, 2.45) is 0 Å². The second kappa shape index (κ2) is 5.98. The van der Waals surface area contributed by atoms with Crippen LogP contribution in [0.5, 0.6) is 0 Å². The second-order valence-electron chi connectivity index (χ2n) is 4.60. The van der Waals surface area contributed by atoms with Gasteiger partial charge in [-0.1, -0.05) is 0 Å². The average molecular weight is 306 g/mol. The summed E-state index contributed by atoms with van der Waals surface area (Å²) >= 11 is 0. The third-order valence-electron chi connectivity index (χ3n) is 2.70. The topological polar surface area (TPSA) is 83.7 Å². The number of nitro benzene ring substituents is 1. The smallest absolute Gasteiger partial charge is 0.405 e. The minimum atomic E-state index is -4.56. The molecule has 116 valence electrons. The number of alkyl halides is 3. The highest BCUT2D eigenvalue weighted by atomic mass is 19.4. The van der Waals surface area contributed by atoms with Gasteiger partial charge in [-0.3, -0.25) is 10.1 Å². The van der Waals surface area contributed by atoms with Crippen LogP contribution in [-0.2, 0) is 0 Å². The lowest BCUT2D eigenvalue weighted by Gasteiger charge is -2.30. The number of nitrogens with zero attached hydrogens (tertiary/aromatic N) is 2. The molecule has 0 heterocycles. The molecule has 0 spiro atoms. The molecule has 0 fully saturated rings. The van der Waals surface area contributed by atoms with E-state index in [1.165, 1.54) is 13.8 Å². The highest BCUT2D eigenvalue weighted by molar-refractivity contribution is 5.95. The van der Waals surface area contributed by atoms with Gasteiger partial charge in [-0.05, 0) is 19.9 Å². The third-order valence-corrected chi connectivity index (χ3v) is 2.70. The lowest BCUT2D eigenvalue weighted by atomic mass is 10.1. The molecular formula is C12H13F3N2O4. The lowest BCUT2D eigenvalue weighted by molar-refractivity contribution is -0.384. The van der Waals surface area contributed by atoms with E-state index in [9.17, 15) is 28.1 Å². The minimum absolute atomic E-state index is 0.330. The predicted octanol–water partition coefficient (Wildman–Crippen LogP) is 3.07. The van der Waals surface area contributed by atoms with Crippen LogP contribution in [0.1, 0.15) is 24.2 Å². The average Bonchev–Trinajstić information content (AvgIpc) is 2.33. The van der Waals surface area contributed by atoms with Crippen LogP contribution >= 0.6 is 0 Å². The Labute approximate surface area is 117 Å². The number of anilines is 1. The van der Waals surface area contributed by atoms with E-state index in [-0.39, 0.29) is 5.69 Å². The molecular weight excluding hydrogens is 293 g/mol. The summed E-state index contributed by atoms with van der Waals surface area (Å²) in [7, 11) is 0. The van der Waals surface area contributed by atoms with Crippen molar-refractivity contribution in [3.63, 3.8) is 0 Å². The number of carboxylic acid groups (broad SMARTS) is 1. The Bertz CT molecular complexity index is 558. The van der Waals surface area contributed by atoms with Gasteiger partial charge >= 0.3 is 12.1 Å². The molecule has 0 saturated carbocycles. The number of hydrogen-bond donors (Lipinski definition) is 1. The molecule has 1 aromatic carbocycles. The van der Waals surface area contributed by atoms with Gasteiger partial charge in [-0.25, -0.2) is 4.79 Å². The molecule has 0 amide bonds. The molecule has 1 N–H and O–H groups in total. The maximum atomic E-state index is 12.6. The summed E-state index contributed by atoms with van der Waals surface area (Å²) in [5, 5.41) is 19.8. The van der Waals surface area contributed by atoms with Crippen molar-refractivity contribution in [1.29, 1.82) is 0 Å². The number of hydrogen-bond acceptors (Lipinski definition) is 4.